The topological polar surface area (TPSA) is 90.7 Å². The third-order valence-corrected chi connectivity index (χ3v) is 5.24. The SMILES string of the molecule is CC[C@H](NC(=O)COc1ccc([N+](=O)[O-])c(OC)c1)c1ccc2c(c1)CCCC2. The molecule has 1 aliphatic rings. The number of nitrogens with zero attached hydrogens (tertiary/aromatic N) is 1. The molecule has 0 spiro atoms. The van der Waals surface area contributed by atoms with Crippen LogP contribution in [0.5, 0.6) is 11.5 Å². The van der Waals surface area contributed by atoms with E-state index in [4.69, 9.17) is 9.47 Å². The second-order valence-corrected chi connectivity index (χ2v) is 7.14. The first kappa shape index (κ1) is 20.6. The monoisotopic (exact) mass is 398 g/mol. The van der Waals surface area contributed by atoms with E-state index >= 15 is 0 Å². The summed E-state index contributed by atoms with van der Waals surface area (Å²) >= 11 is 0. The summed E-state index contributed by atoms with van der Waals surface area (Å²) in [5.74, 6) is 0.185. The summed E-state index contributed by atoms with van der Waals surface area (Å²) in [4.78, 5) is 22.8. The predicted molar refractivity (Wildman–Crippen MR) is 109 cm³/mol. The van der Waals surface area contributed by atoms with E-state index in [1.54, 1.807) is 0 Å². The number of hydrogen-bond donors (Lipinski definition) is 1. The Labute approximate surface area is 170 Å². The minimum atomic E-state index is -0.528. The number of nitrogens with one attached hydrogen (secondary N) is 1. The summed E-state index contributed by atoms with van der Waals surface area (Å²) < 4.78 is 10.5. The number of nitro groups is 1. The molecule has 2 aromatic rings. The first-order chi connectivity index (χ1) is 14.0. The molecule has 0 unspecified atom stereocenters. The van der Waals surface area contributed by atoms with Gasteiger partial charge in [-0.05, 0) is 54.9 Å². The number of aryl methyl sites for hydroxylation is 2. The van der Waals surface area contributed by atoms with Gasteiger partial charge in [-0.3, -0.25) is 14.9 Å². The second kappa shape index (κ2) is 9.41. The van der Waals surface area contributed by atoms with Crippen LogP contribution in [0.4, 0.5) is 5.69 Å². The van der Waals surface area contributed by atoms with Crippen molar-refractivity contribution in [2.75, 3.05) is 13.7 Å². The van der Waals surface area contributed by atoms with E-state index in [9.17, 15) is 14.9 Å². The average molecular weight is 398 g/mol. The molecule has 0 radical (unpaired) electrons. The Balaban J connectivity index is 1.61. The fourth-order valence-electron chi connectivity index (χ4n) is 3.67. The molecule has 1 aliphatic carbocycles. The van der Waals surface area contributed by atoms with Crippen LogP contribution >= 0.6 is 0 Å². The molecular formula is C22H26N2O5. The first-order valence-electron chi connectivity index (χ1n) is 9.88. The lowest BCUT2D eigenvalue weighted by atomic mass is 9.89. The van der Waals surface area contributed by atoms with Crippen molar-refractivity contribution in [1.29, 1.82) is 0 Å². The van der Waals surface area contributed by atoms with E-state index in [0.29, 0.717) is 5.75 Å². The molecule has 1 atom stereocenters. The van der Waals surface area contributed by atoms with Crippen molar-refractivity contribution in [1.82, 2.24) is 5.32 Å². The predicted octanol–water partition coefficient (Wildman–Crippen LogP) is 4.13. The summed E-state index contributed by atoms with van der Waals surface area (Å²) in [7, 11) is 1.35. The van der Waals surface area contributed by atoms with E-state index < -0.39 is 4.92 Å². The normalized spacial score (nSPS) is 13.9. The van der Waals surface area contributed by atoms with Gasteiger partial charge in [0.1, 0.15) is 5.75 Å². The highest BCUT2D eigenvalue weighted by Gasteiger charge is 2.18. The van der Waals surface area contributed by atoms with Gasteiger partial charge < -0.3 is 14.8 Å². The zero-order valence-corrected chi connectivity index (χ0v) is 16.8. The molecule has 1 amide bonds. The van der Waals surface area contributed by atoms with Crippen molar-refractivity contribution in [3.63, 3.8) is 0 Å². The maximum absolute atomic E-state index is 12.4. The molecule has 0 aromatic heterocycles. The number of carbonyl (C=O) groups is 1. The quantitative estimate of drug-likeness (QED) is 0.533. The van der Waals surface area contributed by atoms with Crippen molar-refractivity contribution in [2.45, 2.75) is 45.1 Å². The van der Waals surface area contributed by atoms with Crippen molar-refractivity contribution >= 4 is 11.6 Å². The van der Waals surface area contributed by atoms with E-state index in [2.05, 4.69) is 23.5 Å². The third kappa shape index (κ3) is 5.04. The van der Waals surface area contributed by atoms with Gasteiger partial charge in [-0.25, -0.2) is 0 Å². The molecule has 2 aromatic carbocycles. The van der Waals surface area contributed by atoms with Gasteiger partial charge in [-0.15, -0.1) is 0 Å². The highest BCUT2D eigenvalue weighted by molar-refractivity contribution is 5.78. The largest absolute Gasteiger partial charge is 0.490 e. The van der Waals surface area contributed by atoms with E-state index in [1.807, 2.05) is 6.92 Å². The lowest BCUT2D eigenvalue weighted by Crippen LogP contribution is -2.32. The number of amides is 1. The van der Waals surface area contributed by atoms with Gasteiger partial charge in [-0.1, -0.05) is 25.1 Å². The molecule has 0 saturated heterocycles. The van der Waals surface area contributed by atoms with Crippen LogP contribution in [0, 0.1) is 10.1 Å². The Kier molecular flexibility index (Phi) is 6.69. The fourth-order valence-corrected chi connectivity index (χ4v) is 3.67. The van der Waals surface area contributed by atoms with Crippen LogP contribution in [0.15, 0.2) is 36.4 Å². The summed E-state index contributed by atoms with van der Waals surface area (Å²) in [5.41, 5.74) is 3.76. The number of fused-ring (bicyclic) bond motifs is 1. The number of rotatable bonds is 8. The van der Waals surface area contributed by atoms with Crippen LogP contribution in [0.25, 0.3) is 0 Å². The van der Waals surface area contributed by atoms with Gasteiger partial charge in [0.15, 0.2) is 6.61 Å². The Morgan fingerprint density at radius 2 is 1.93 bits per heavy atom. The fraction of sp³-hybridized carbons (Fsp3) is 0.409. The van der Waals surface area contributed by atoms with Crippen molar-refractivity contribution in [2.24, 2.45) is 0 Å². The smallest absolute Gasteiger partial charge is 0.311 e. The maximum atomic E-state index is 12.4. The Morgan fingerprint density at radius 3 is 2.62 bits per heavy atom. The number of nitro benzene ring substituents is 1. The summed E-state index contributed by atoms with van der Waals surface area (Å²) in [6, 6.07) is 10.6. The molecule has 0 bridgehead atoms. The first-order valence-corrected chi connectivity index (χ1v) is 9.88. The van der Waals surface area contributed by atoms with Gasteiger partial charge in [0.25, 0.3) is 5.91 Å². The van der Waals surface area contributed by atoms with Crippen LogP contribution in [0.1, 0.15) is 48.9 Å². The van der Waals surface area contributed by atoms with Crippen LogP contribution in [0.2, 0.25) is 0 Å². The molecular weight excluding hydrogens is 372 g/mol. The van der Waals surface area contributed by atoms with Gasteiger partial charge in [0.05, 0.1) is 18.1 Å². The number of hydrogen-bond acceptors (Lipinski definition) is 5. The van der Waals surface area contributed by atoms with Crippen molar-refractivity contribution in [3.05, 3.63) is 63.2 Å². The van der Waals surface area contributed by atoms with Crippen LogP contribution < -0.4 is 14.8 Å². The second-order valence-electron chi connectivity index (χ2n) is 7.14. The number of methoxy groups -OCH3 is 1. The highest BCUT2D eigenvalue weighted by atomic mass is 16.6. The lowest BCUT2D eigenvalue weighted by Gasteiger charge is -2.22. The third-order valence-electron chi connectivity index (χ3n) is 5.24. The molecule has 0 heterocycles. The molecule has 1 N–H and O–H groups in total. The van der Waals surface area contributed by atoms with E-state index in [-0.39, 0.29) is 30.0 Å². The van der Waals surface area contributed by atoms with E-state index in [0.717, 1.165) is 24.8 Å². The zero-order chi connectivity index (χ0) is 20.8. The minimum absolute atomic E-state index is 0.0790. The number of ether oxygens (including phenoxy) is 2. The van der Waals surface area contributed by atoms with Crippen molar-refractivity contribution < 1.29 is 19.2 Å². The molecule has 7 heteroatoms. The van der Waals surface area contributed by atoms with Crippen LogP contribution in [0.3, 0.4) is 0 Å². The lowest BCUT2D eigenvalue weighted by molar-refractivity contribution is -0.385. The molecule has 7 nitrogen and oxygen atoms in total. The van der Waals surface area contributed by atoms with Gasteiger partial charge in [-0.2, -0.15) is 0 Å². The van der Waals surface area contributed by atoms with E-state index in [1.165, 1.54) is 49.3 Å². The molecule has 154 valence electrons. The molecule has 3 rings (SSSR count). The Hall–Kier alpha value is -3.09. The Bertz CT molecular complexity index is 897. The summed E-state index contributed by atoms with van der Waals surface area (Å²) in [5, 5.41) is 14.0. The summed E-state index contributed by atoms with van der Waals surface area (Å²) in [6.07, 6.45) is 5.46. The van der Waals surface area contributed by atoms with Gasteiger partial charge in [0.2, 0.25) is 5.75 Å². The standard InChI is InChI=1S/C22H26N2O5/c1-3-19(17-9-8-15-6-4-5-7-16(15)12-17)23-22(25)14-29-18-10-11-20(24(26)27)21(13-18)28-2/h8-13,19H,3-7,14H2,1-2H3,(H,23,25)/t19-/m0/s1. The van der Waals surface area contributed by atoms with Gasteiger partial charge in [0, 0.05) is 12.1 Å². The minimum Gasteiger partial charge on any atom is -0.490 e. The van der Waals surface area contributed by atoms with Crippen molar-refractivity contribution in [3.8, 4) is 11.5 Å². The average Bonchev–Trinajstić information content (AvgIpc) is 2.75. The molecule has 0 fully saturated rings. The maximum Gasteiger partial charge on any atom is 0.311 e. The Morgan fingerprint density at radius 1 is 1.17 bits per heavy atom. The number of benzene rings is 2. The zero-order valence-electron chi connectivity index (χ0n) is 16.8. The molecule has 29 heavy (non-hydrogen) atoms. The summed E-state index contributed by atoms with van der Waals surface area (Å²) in [6.45, 7) is 1.86. The van der Waals surface area contributed by atoms with Crippen LogP contribution in [-0.4, -0.2) is 24.5 Å². The van der Waals surface area contributed by atoms with Gasteiger partial charge >= 0.3 is 5.69 Å². The molecule has 0 aliphatic heterocycles. The highest BCUT2D eigenvalue weighted by Crippen LogP contribution is 2.31. The number of carbonyl (C=O) groups excluding carboxylic acids is 1. The van der Waals surface area contributed by atoms with Crippen LogP contribution in [-0.2, 0) is 17.6 Å². The molecule has 0 saturated carbocycles.